The molecule has 0 aromatic heterocycles. The summed E-state index contributed by atoms with van der Waals surface area (Å²) in [4.78, 5) is 11.2. The topological polar surface area (TPSA) is 46.2 Å². The maximum atomic E-state index is 11.2. The zero-order valence-corrected chi connectivity index (χ0v) is 8.50. The van der Waals surface area contributed by atoms with E-state index in [1.807, 2.05) is 20.8 Å². The molecule has 0 bridgehead atoms. The van der Waals surface area contributed by atoms with Gasteiger partial charge in [-0.2, -0.15) is 0 Å². The summed E-state index contributed by atoms with van der Waals surface area (Å²) in [7, 11) is 0. The van der Waals surface area contributed by atoms with Gasteiger partial charge in [-0.1, -0.05) is 26.8 Å². The molecule has 13 heavy (non-hydrogen) atoms. The van der Waals surface area contributed by atoms with Gasteiger partial charge in [-0.25, -0.2) is 9.90 Å². The van der Waals surface area contributed by atoms with Gasteiger partial charge in [-0.05, 0) is 12.3 Å². The quantitative estimate of drug-likeness (QED) is 0.485. The average Bonchev–Trinajstić information content (AvgIpc) is 2.10. The number of carbonyl (C=O) groups is 1. The highest BCUT2D eigenvalue weighted by molar-refractivity contribution is 5.88. The second-order valence-corrected chi connectivity index (χ2v) is 3.27. The number of ether oxygens (including phenoxy) is 1. The molecule has 1 radical (unpaired) electrons. The van der Waals surface area contributed by atoms with Crippen molar-refractivity contribution in [2.75, 3.05) is 13.2 Å². The van der Waals surface area contributed by atoms with Crippen molar-refractivity contribution in [3.05, 3.63) is 11.6 Å². The molecular weight excluding hydrogens is 168 g/mol. The highest BCUT2D eigenvalue weighted by Crippen LogP contribution is 2.01. The maximum absolute atomic E-state index is 11.2. The first-order chi connectivity index (χ1) is 6.11. The van der Waals surface area contributed by atoms with Crippen LogP contribution in [0.4, 0.5) is 0 Å². The molecular formula is C10H17O3. The van der Waals surface area contributed by atoms with Gasteiger partial charge in [0.25, 0.3) is 0 Å². The predicted molar refractivity (Wildman–Crippen MR) is 49.7 cm³/mol. The van der Waals surface area contributed by atoms with Crippen LogP contribution >= 0.6 is 0 Å². The Morgan fingerprint density at radius 3 is 2.46 bits per heavy atom. The van der Waals surface area contributed by atoms with Crippen molar-refractivity contribution in [3.63, 3.8) is 0 Å². The van der Waals surface area contributed by atoms with E-state index in [0.717, 1.165) is 0 Å². The summed E-state index contributed by atoms with van der Waals surface area (Å²) >= 11 is 0. The fourth-order valence-electron chi connectivity index (χ4n) is 0.783. The fourth-order valence-corrected chi connectivity index (χ4v) is 0.783. The first-order valence-corrected chi connectivity index (χ1v) is 4.56. The Labute approximate surface area is 79.4 Å². The average molecular weight is 185 g/mol. The lowest BCUT2D eigenvalue weighted by atomic mass is 10.2. The molecule has 0 aromatic rings. The third kappa shape index (κ3) is 5.42. The van der Waals surface area contributed by atoms with Gasteiger partial charge in [0.1, 0.15) is 6.61 Å². The van der Waals surface area contributed by atoms with Crippen LogP contribution < -0.4 is 0 Å². The second-order valence-electron chi connectivity index (χ2n) is 3.27. The molecule has 0 aliphatic carbocycles. The third-order valence-electron chi connectivity index (χ3n) is 1.42. The zero-order valence-electron chi connectivity index (χ0n) is 8.50. The molecule has 3 nitrogen and oxygen atoms in total. The third-order valence-corrected chi connectivity index (χ3v) is 1.42. The monoisotopic (exact) mass is 185 g/mol. The molecule has 0 atom stereocenters. The minimum Gasteiger partial charge on any atom is -0.462 e. The largest absolute Gasteiger partial charge is 0.462 e. The summed E-state index contributed by atoms with van der Waals surface area (Å²) in [5, 5.41) is 10.5. The molecule has 75 valence electrons. The van der Waals surface area contributed by atoms with Crippen LogP contribution in [0.3, 0.4) is 0 Å². The Balaban J connectivity index is 4.00. The van der Waals surface area contributed by atoms with Crippen molar-refractivity contribution in [2.45, 2.75) is 27.2 Å². The van der Waals surface area contributed by atoms with E-state index in [1.54, 1.807) is 6.08 Å². The highest BCUT2D eigenvalue weighted by atomic mass is 16.5. The summed E-state index contributed by atoms with van der Waals surface area (Å²) in [5.74, 6) is -0.163. The maximum Gasteiger partial charge on any atom is 0.336 e. The van der Waals surface area contributed by atoms with Crippen molar-refractivity contribution >= 4 is 5.97 Å². The van der Waals surface area contributed by atoms with Crippen LogP contribution in [-0.4, -0.2) is 19.2 Å². The Kier molecular flexibility index (Phi) is 6.24. The molecule has 0 amide bonds. The predicted octanol–water partition coefficient (Wildman–Crippen LogP) is 1.95. The molecule has 0 spiro atoms. The molecule has 0 rings (SSSR count). The lowest BCUT2D eigenvalue weighted by molar-refractivity contribution is -0.140. The molecule has 0 aliphatic heterocycles. The number of carbonyl (C=O) groups excluding carboxylic acids is 1. The molecule has 0 N–H and O–H groups in total. The van der Waals surface area contributed by atoms with Gasteiger partial charge in [0.15, 0.2) is 0 Å². The van der Waals surface area contributed by atoms with Gasteiger partial charge < -0.3 is 4.74 Å². The number of allylic oxidation sites excluding steroid dienone is 1. The summed E-state index contributed by atoms with van der Waals surface area (Å²) in [6.07, 6.45) is 2.31. The van der Waals surface area contributed by atoms with Crippen LogP contribution in [0.1, 0.15) is 27.2 Å². The van der Waals surface area contributed by atoms with Crippen molar-refractivity contribution in [2.24, 2.45) is 5.92 Å². The Morgan fingerprint density at radius 1 is 1.46 bits per heavy atom. The number of hydrogen-bond donors (Lipinski definition) is 0. The molecule has 0 aliphatic rings. The molecule has 0 fully saturated rings. The summed E-state index contributed by atoms with van der Waals surface area (Å²) in [6, 6.07) is 0. The summed E-state index contributed by atoms with van der Waals surface area (Å²) < 4.78 is 4.90. The first-order valence-electron chi connectivity index (χ1n) is 4.56. The minimum absolute atomic E-state index is 0.239. The lowest BCUT2D eigenvalue weighted by Crippen LogP contribution is -2.13. The smallest absolute Gasteiger partial charge is 0.336 e. The van der Waals surface area contributed by atoms with Crippen LogP contribution in [0.15, 0.2) is 11.6 Å². The van der Waals surface area contributed by atoms with Crippen LogP contribution in [0, 0.1) is 5.92 Å². The number of hydrogen-bond acceptors (Lipinski definition) is 2. The van der Waals surface area contributed by atoms with E-state index in [2.05, 4.69) is 0 Å². The van der Waals surface area contributed by atoms with E-state index in [0.29, 0.717) is 18.9 Å². The minimum atomic E-state index is -0.495. The fraction of sp³-hybridized carbons (Fsp3) is 0.700. The summed E-state index contributed by atoms with van der Waals surface area (Å²) in [6.45, 7) is 5.66. The van der Waals surface area contributed by atoms with Gasteiger partial charge in [0.2, 0.25) is 0 Å². The van der Waals surface area contributed by atoms with Crippen molar-refractivity contribution < 1.29 is 14.6 Å². The van der Waals surface area contributed by atoms with E-state index in [4.69, 9.17) is 4.74 Å². The van der Waals surface area contributed by atoms with Gasteiger partial charge in [0.05, 0.1) is 12.2 Å². The van der Waals surface area contributed by atoms with Crippen molar-refractivity contribution in [3.8, 4) is 0 Å². The van der Waals surface area contributed by atoms with Crippen LogP contribution in [0.25, 0.3) is 0 Å². The van der Waals surface area contributed by atoms with E-state index in [1.165, 1.54) is 0 Å². The molecule has 0 unspecified atom stereocenters. The molecule has 0 saturated heterocycles. The van der Waals surface area contributed by atoms with Gasteiger partial charge in [-0.15, -0.1) is 0 Å². The first kappa shape index (κ1) is 12.2. The zero-order chi connectivity index (χ0) is 10.3. The second kappa shape index (κ2) is 6.66. The SMILES string of the molecule is CC/C=C(/C[O])C(=O)OCC(C)C. The van der Waals surface area contributed by atoms with Crippen LogP contribution in [0.5, 0.6) is 0 Å². The van der Waals surface area contributed by atoms with Crippen LogP contribution in [-0.2, 0) is 14.6 Å². The van der Waals surface area contributed by atoms with Crippen molar-refractivity contribution in [1.82, 2.24) is 0 Å². The Morgan fingerprint density at radius 2 is 2.08 bits per heavy atom. The van der Waals surface area contributed by atoms with E-state index < -0.39 is 12.6 Å². The van der Waals surface area contributed by atoms with E-state index in [9.17, 15) is 9.90 Å². The highest BCUT2D eigenvalue weighted by Gasteiger charge is 2.10. The molecule has 3 heteroatoms. The van der Waals surface area contributed by atoms with Gasteiger partial charge >= 0.3 is 5.97 Å². The van der Waals surface area contributed by atoms with Crippen LogP contribution in [0.2, 0.25) is 0 Å². The molecule has 0 saturated carbocycles. The Bertz CT molecular complexity index is 183. The van der Waals surface area contributed by atoms with E-state index in [-0.39, 0.29) is 5.57 Å². The van der Waals surface area contributed by atoms with Crippen molar-refractivity contribution in [1.29, 1.82) is 0 Å². The molecule has 0 aromatic carbocycles. The standard InChI is InChI=1S/C10H17O3/c1-4-5-9(6-11)10(12)13-7-8(2)3/h5,8H,4,6-7H2,1-3H3/b9-5-. The van der Waals surface area contributed by atoms with Gasteiger partial charge in [0, 0.05) is 0 Å². The number of esters is 1. The summed E-state index contributed by atoms with van der Waals surface area (Å²) in [5.41, 5.74) is 0.239. The number of rotatable bonds is 5. The van der Waals surface area contributed by atoms with Gasteiger partial charge in [-0.3, -0.25) is 0 Å². The Hall–Kier alpha value is -0.830. The van der Waals surface area contributed by atoms with E-state index >= 15 is 0 Å². The lowest BCUT2D eigenvalue weighted by Gasteiger charge is -2.07. The normalized spacial score (nSPS) is 11.9. The molecule has 0 heterocycles.